The van der Waals surface area contributed by atoms with E-state index in [1.165, 1.54) is 0 Å². The molecule has 0 radical (unpaired) electrons. The van der Waals surface area contributed by atoms with Gasteiger partial charge in [0.1, 0.15) is 0 Å². The largest absolute Gasteiger partial charge is 0.339 e. The van der Waals surface area contributed by atoms with Crippen LogP contribution >= 0.6 is 0 Å². The van der Waals surface area contributed by atoms with Crippen molar-refractivity contribution in [3.63, 3.8) is 0 Å². The van der Waals surface area contributed by atoms with Gasteiger partial charge in [0.05, 0.1) is 34.1 Å². The van der Waals surface area contributed by atoms with Gasteiger partial charge < -0.3 is 40.9 Å². The number of nitrogens with one attached hydrogen (secondary N) is 4. The summed E-state index contributed by atoms with van der Waals surface area (Å²) in [6.45, 7) is 6.84. The minimum absolute atomic E-state index is 0.724. The summed E-state index contributed by atoms with van der Waals surface area (Å²) >= 11 is 0. The van der Waals surface area contributed by atoms with Gasteiger partial charge in [0, 0.05) is 92.9 Å². The van der Waals surface area contributed by atoms with Crippen LogP contribution in [0.25, 0.3) is 0 Å². The van der Waals surface area contributed by atoms with E-state index in [9.17, 15) is 0 Å². The first-order chi connectivity index (χ1) is 21.5. The SMILES string of the molecule is CN1c2cccnc2N(C)c2nc(CNCCNCCNCCNCc3ccc4c(n3)N(C)c3ncccc3N4C)ccc21. The summed E-state index contributed by atoms with van der Waals surface area (Å²) in [5, 5.41) is 14.0. The highest BCUT2D eigenvalue weighted by atomic mass is 15.3. The molecule has 12 nitrogen and oxygen atoms in total. The molecule has 0 aliphatic carbocycles. The van der Waals surface area contributed by atoms with Gasteiger partial charge in [-0.1, -0.05) is 0 Å². The first-order valence-electron chi connectivity index (χ1n) is 15.2. The Balaban J connectivity index is 0.836. The topological polar surface area (TPSA) is 113 Å². The predicted molar refractivity (Wildman–Crippen MR) is 178 cm³/mol. The van der Waals surface area contributed by atoms with Crippen molar-refractivity contribution in [1.82, 2.24) is 41.2 Å². The van der Waals surface area contributed by atoms with Crippen LogP contribution in [0.4, 0.5) is 46.0 Å². The van der Waals surface area contributed by atoms with Crippen LogP contribution in [0.5, 0.6) is 0 Å². The molecule has 0 bridgehead atoms. The lowest BCUT2D eigenvalue weighted by Gasteiger charge is -2.34. The first-order valence-corrected chi connectivity index (χ1v) is 15.2. The molecule has 0 spiro atoms. The summed E-state index contributed by atoms with van der Waals surface area (Å²) in [4.78, 5) is 27.4. The molecule has 44 heavy (non-hydrogen) atoms. The molecule has 6 heterocycles. The van der Waals surface area contributed by atoms with Crippen molar-refractivity contribution in [3.05, 3.63) is 72.3 Å². The maximum Gasteiger partial charge on any atom is 0.158 e. The standard InChI is InChI=1S/C32H42N12/c1-41-25-7-5-13-37-29(25)43(3)31-27(41)11-9-23(39-31)21-35-19-17-33-15-16-34-18-20-36-22-24-10-12-28-32(40-24)44(4)30-26(42(28)2)8-6-14-38-30/h5-14,33-36H,15-22H2,1-4H3. The molecule has 2 aliphatic rings. The fourth-order valence-electron chi connectivity index (χ4n) is 5.67. The Bertz CT molecular complexity index is 1460. The molecule has 0 aromatic carbocycles. The van der Waals surface area contributed by atoms with Crippen LogP contribution < -0.4 is 40.9 Å². The van der Waals surface area contributed by atoms with E-state index in [0.717, 1.165) is 110 Å². The van der Waals surface area contributed by atoms with Crippen molar-refractivity contribution in [1.29, 1.82) is 0 Å². The third-order valence-electron chi connectivity index (χ3n) is 8.12. The highest BCUT2D eigenvalue weighted by Crippen LogP contribution is 2.44. The third-order valence-corrected chi connectivity index (χ3v) is 8.12. The van der Waals surface area contributed by atoms with Crippen molar-refractivity contribution in [2.24, 2.45) is 0 Å². The van der Waals surface area contributed by atoms with Gasteiger partial charge in [-0.25, -0.2) is 19.9 Å². The zero-order chi connectivity index (χ0) is 30.5. The van der Waals surface area contributed by atoms with E-state index in [0.29, 0.717) is 0 Å². The zero-order valence-corrected chi connectivity index (χ0v) is 26.0. The Morgan fingerprint density at radius 2 is 0.841 bits per heavy atom. The molecule has 0 saturated carbocycles. The highest BCUT2D eigenvalue weighted by Gasteiger charge is 2.27. The second-order valence-electron chi connectivity index (χ2n) is 11.1. The van der Waals surface area contributed by atoms with E-state index in [1.807, 2.05) is 38.6 Å². The van der Waals surface area contributed by atoms with Crippen molar-refractivity contribution >= 4 is 46.0 Å². The van der Waals surface area contributed by atoms with Crippen LogP contribution in [0.1, 0.15) is 11.4 Å². The molecule has 0 atom stereocenters. The second-order valence-corrected chi connectivity index (χ2v) is 11.1. The van der Waals surface area contributed by atoms with Crippen LogP contribution in [0.2, 0.25) is 0 Å². The molecular weight excluding hydrogens is 552 g/mol. The van der Waals surface area contributed by atoms with Gasteiger partial charge in [0.25, 0.3) is 0 Å². The Labute approximate surface area is 259 Å². The summed E-state index contributed by atoms with van der Waals surface area (Å²) in [7, 11) is 8.17. The molecule has 4 aromatic rings. The van der Waals surface area contributed by atoms with E-state index in [1.54, 1.807) is 0 Å². The van der Waals surface area contributed by atoms with E-state index in [4.69, 9.17) is 9.97 Å². The molecule has 12 heteroatoms. The number of rotatable bonds is 13. The van der Waals surface area contributed by atoms with Crippen LogP contribution in [-0.2, 0) is 13.1 Å². The van der Waals surface area contributed by atoms with Gasteiger partial charge in [-0.2, -0.15) is 0 Å². The Hall–Kier alpha value is -4.36. The van der Waals surface area contributed by atoms with Crippen LogP contribution in [0, 0.1) is 0 Å². The summed E-state index contributed by atoms with van der Waals surface area (Å²) in [5.74, 6) is 3.71. The molecule has 2 aliphatic heterocycles. The van der Waals surface area contributed by atoms with E-state index in [2.05, 4.69) is 101 Å². The number of anilines is 8. The average Bonchev–Trinajstić information content (AvgIpc) is 3.06. The zero-order valence-electron chi connectivity index (χ0n) is 26.0. The number of fused-ring (bicyclic) bond motifs is 4. The second kappa shape index (κ2) is 13.5. The van der Waals surface area contributed by atoms with E-state index in [-0.39, 0.29) is 0 Å². The van der Waals surface area contributed by atoms with Crippen LogP contribution in [0.15, 0.2) is 60.9 Å². The number of pyridine rings is 4. The average molecular weight is 595 g/mol. The highest BCUT2D eigenvalue weighted by molar-refractivity contribution is 5.89. The fraction of sp³-hybridized carbons (Fsp3) is 0.375. The summed E-state index contributed by atoms with van der Waals surface area (Å²) in [6, 6.07) is 16.6. The van der Waals surface area contributed by atoms with Crippen molar-refractivity contribution in [2.45, 2.75) is 13.1 Å². The van der Waals surface area contributed by atoms with E-state index < -0.39 is 0 Å². The predicted octanol–water partition coefficient (Wildman–Crippen LogP) is 3.02. The number of hydrogen-bond acceptors (Lipinski definition) is 12. The van der Waals surface area contributed by atoms with Crippen molar-refractivity contribution in [2.75, 3.05) is 87.1 Å². The lowest BCUT2D eigenvalue weighted by Crippen LogP contribution is -2.35. The molecule has 0 unspecified atom stereocenters. The first kappa shape index (κ1) is 29.7. The van der Waals surface area contributed by atoms with Crippen molar-refractivity contribution in [3.8, 4) is 0 Å². The Morgan fingerprint density at radius 3 is 1.27 bits per heavy atom. The molecule has 0 fully saturated rings. The monoisotopic (exact) mass is 594 g/mol. The quantitative estimate of drug-likeness (QED) is 0.171. The minimum atomic E-state index is 0.724. The fourth-order valence-corrected chi connectivity index (χ4v) is 5.67. The minimum Gasteiger partial charge on any atom is -0.339 e. The van der Waals surface area contributed by atoms with Gasteiger partial charge in [-0.05, 0) is 48.5 Å². The molecule has 0 saturated heterocycles. The molecule has 230 valence electrons. The number of nitrogens with zero attached hydrogens (tertiary/aromatic N) is 8. The summed E-state index contributed by atoms with van der Waals surface area (Å²) in [6.07, 6.45) is 3.65. The smallest absolute Gasteiger partial charge is 0.158 e. The Kier molecular flexibility index (Phi) is 9.12. The van der Waals surface area contributed by atoms with Gasteiger partial charge >= 0.3 is 0 Å². The van der Waals surface area contributed by atoms with Gasteiger partial charge in [-0.3, -0.25) is 0 Å². The molecule has 6 rings (SSSR count). The van der Waals surface area contributed by atoms with Gasteiger partial charge in [0.2, 0.25) is 0 Å². The summed E-state index contributed by atoms with van der Waals surface area (Å²) in [5.41, 5.74) is 6.37. The molecule has 0 amide bonds. The number of aromatic nitrogens is 4. The van der Waals surface area contributed by atoms with Crippen LogP contribution in [-0.4, -0.2) is 87.4 Å². The van der Waals surface area contributed by atoms with Crippen LogP contribution in [0.3, 0.4) is 0 Å². The maximum atomic E-state index is 4.91. The Morgan fingerprint density at radius 1 is 0.455 bits per heavy atom. The number of hydrogen-bond donors (Lipinski definition) is 4. The normalized spacial score (nSPS) is 13.5. The maximum absolute atomic E-state index is 4.91. The third kappa shape index (κ3) is 6.15. The van der Waals surface area contributed by atoms with Gasteiger partial charge in [-0.15, -0.1) is 0 Å². The van der Waals surface area contributed by atoms with E-state index >= 15 is 0 Å². The van der Waals surface area contributed by atoms with Gasteiger partial charge in [0.15, 0.2) is 23.3 Å². The molecule has 4 aromatic heterocycles. The lowest BCUT2D eigenvalue weighted by molar-refractivity contribution is 0.563. The van der Waals surface area contributed by atoms with Crippen molar-refractivity contribution < 1.29 is 0 Å². The lowest BCUT2D eigenvalue weighted by atomic mass is 10.2. The summed E-state index contributed by atoms with van der Waals surface area (Å²) < 4.78 is 0. The molecule has 4 N–H and O–H groups in total. The molecular formula is C32H42N12.